The maximum atomic E-state index is 11.6. The van der Waals surface area contributed by atoms with Crippen molar-refractivity contribution in [2.75, 3.05) is 0 Å². The van der Waals surface area contributed by atoms with Gasteiger partial charge in [-0.3, -0.25) is 0 Å². The predicted molar refractivity (Wildman–Crippen MR) is 92.9 cm³/mol. The number of aromatic hydroxyl groups is 1. The molecule has 0 aliphatic heterocycles. The Morgan fingerprint density at radius 3 is 1.92 bits per heavy atom. The van der Waals surface area contributed by atoms with Gasteiger partial charge in [-0.25, -0.2) is 9.59 Å². The third kappa shape index (κ3) is 3.21. The predicted octanol–water partition coefficient (Wildman–Crippen LogP) is 4.12. The number of benzene rings is 3. The molecule has 0 unspecified atom stereocenters. The van der Waals surface area contributed by atoms with E-state index in [-0.39, 0.29) is 16.9 Å². The summed E-state index contributed by atoms with van der Waals surface area (Å²) in [7, 11) is 0. The highest BCUT2D eigenvalue weighted by Crippen LogP contribution is 2.35. The average molecular weight is 334 g/mol. The maximum absolute atomic E-state index is 11.6. The molecule has 0 bridgehead atoms. The maximum Gasteiger partial charge on any atom is 0.336 e. The molecule has 0 aliphatic rings. The molecule has 0 amide bonds. The Balaban J connectivity index is 2.26. The van der Waals surface area contributed by atoms with E-state index < -0.39 is 11.9 Å². The molecule has 0 aliphatic carbocycles. The molecule has 0 atom stereocenters. The molecule has 0 aromatic heterocycles. The highest BCUT2D eigenvalue weighted by Gasteiger charge is 2.17. The molecule has 3 N–H and O–H groups in total. The lowest BCUT2D eigenvalue weighted by molar-refractivity contribution is 0.0682. The van der Waals surface area contributed by atoms with E-state index in [1.165, 1.54) is 30.3 Å². The van der Waals surface area contributed by atoms with Crippen LogP contribution in [-0.4, -0.2) is 27.3 Å². The molecule has 0 heterocycles. The second kappa shape index (κ2) is 6.49. The summed E-state index contributed by atoms with van der Waals surface area (Å²) in [4.78, 5) is 22.9. The van der Waals surface area contributed by atoms with Crippen LogP contribution in [-0.2, 0) is 0 Å². The SMILES string of the molecule is O=C(O)c1ccc(C(=O)O)c(-c2ccccc2-c2ccc(O)cc2)c1. The van der Waals surface area contributed by atoms with Crippen molar-refractivity contribution in [3.63, 3.8) is 0 Å². The standard InChI is InChI=1S/C20H14O5/c21-14-8-5-12(6-9-14)15-3-1-2-4-16(15)18-11-13(19(22)23)7-10-17(18)20(24)25/h1-11,21H,(H,22,23)(H,24,25). The third-order valence-corrected chi connectivity index (χ3v) is 3.89. The number of rotatable bonds is 4. The Labute approximate surface area is 143 Å². The number of aromatic carboxylic acids is 2. The summed E-state index contributed by atoms with van der Waals surface area (Å²) in [6.07, 6.45) is 0. The number of carbonyl (C=O) groups is 2. The van der Waals surface area contributed by atoms with Gasteiger partial charge in [-0.05, 0) is 52.6 Å². The zero-order valence-corrected chi connectivity index (χ0v) is 13.0. The van der Waals surface area contributed by atoms with Crippen LogP contribution in [0, 0.1) is 0 Å². The summed E-state index contributed by atoms with van der Waals surface area (Å²) in [5.41, 5.74) is 2.50. The Hall–Kier alpha value is -3.60. The van der Waals surface area contributed by atoms with Crippen molar-refractivity contribution >= 4 is 11.9 Å². The van der Waals surface area contributed by atoms with Crippen molar-refractivity contribution in [2.24, 2.45) is 0 Å². The molecule has 5 heteroatoms. The van der Waals surface area contributed by atoms with Crippen molar-refractivity contribution in [2.45, 2.75) is 0 Å². The molecule has 3 aromatic carbocycles. The van der Waals surface area contributed by atoms with E-state index in [0.29, 0.717) is 11.1 Å². The fourth-order valence-electron chi connectivity index (χ4n) is 2.70. The molecule has 5 nitrogen and oxygen atoms in total. The number of phenols is 1. The van der Waals surface area contributed by atoms with Gasteiger partial charge in [-0.15, -0.1) is 0 Å². The van der Waals surface area contributed by atoms with E-state index in [0.717, 1.165) is 11.1 Å². The average Bonchev–Trinajstić information content (AvgIpc) is 2.61. The van der Waals surface area contributed by atoms with Gasteiger partial charge < -0.3 is 15.3 Å². The quantitative estimate of drug-likeness (QED) is 0.667. The summed E-state index contributed by atoms with van der Waals surface area (Å²) in [5.74, 6) is -2.13. The molecule has 0 spiro atoms. The fourth-order valence-corrected chi connectivity index (χ4v) is 2.70. The lowest BCUT2D eigenvalue weighted by atomic mass is 9.90. The van der Waals surface area contributed by atoms with Crippen molar-refractivity contribution in [3.8, 4) is 28.0 Å². The Morgan fingerprint density at radius 1 is 0.680 bits per heavy atom. The third-order valence-electron chi connectivity index (χ3n) is 3.89. The minimum absolute atomic E-state index is 0.0144. The first-order valence-corrected chi connectivity index (χ1v) is 7.47. The van der Waals surface area contributed by atoms with Crippen LogP contribution in [0.3, 0.4) is 0 Å². The summed E-state index contributed by atoms with van der Waals surface area (Å²) in [5, 5.41) is 28.2. The number of carboxylic acids is 2. The first-order chi connectivity index (χ1) is 12.0. The molecule has 0 radical (unpaired) electrons. The minimum atomic E-state index is -1.13. The Morgan fingerprint density at radius 2 is 1.32 bits per heavy atom. The van der Waals surface area contributed by atoms with E-state index >= 15 is 0 Å². The van der Waals surface area contributed by atoms with Gasteiger partial charge in [-0.1, -0.05) is 36.4 Å². The zero-order valence-electron chi connectivity index (χ0n) is 13.0. The van der Waals surface area contributed by atoms with Crippen LogP contribution in [0.2, 0.25) is 0 Å². The van der Waals surface area contributed by atoms with Crippen LogP contribution in [0.1, 0.15) is 20.7 Å². The summed E-state index contributed by atoms with van der Waals surface area (Å²) >= 11 is 0. The van der Waals surface area contributed by atoms with Gasteiger partial charge in [0.2, 0.25) is 0 Å². The second-order valence-electron chi connectivity index (χ2n) is 5.46. The van der Waals surface area contributed by atoms with E-state index in [2.05, 4.69) is 0 Å². The normalized spacial score (nSPS) is 10.4. The zero-order chi connectivity index (χ0) is 18.0. The lowest BCUT2D eigenvalue weighted by Gasteiger charge is -2.13. The van der Waals surface area contributed by atoms with Gasteiger partial charge in [0.05, 0.1) is 11.1 Å². The topological polar surface area (TPSA) is 94.8 Å². The number of phenolic OH excluding ortho intramolecular Hbond substituents is 1. The Kier molecular flexibility index (Phi) is 4.22. The lowest BCUT2D eigenvalue weighted by Crippen LogP contribution is -2.04. The highest BCUT2D eigenvalue weighted by atomic mass is 16.4. The molecule has 25 heavy (non-hydrogen) atoms. The molecule has 0 saturated heterocycles. The van der Waals surface area contributed by atoms with Gasteiger partial charge >= 0.3 is 11.9 Å². The van der Waals surface area contributed by atoms with E-state index in [9.17, 15) is 24.9 Å². The molecule has 0 fully saturated rings. The first kappa shape index (κ1) is 16.3. The van der Waals surface area contributed by atoms with Crippen LogP contribution in [0.5, 0.6) is 5.75 Å². The largest absolute Gasteiger partial charge is 0.508 e. The monoisotopic (exact) mass is 334 g/mol. The van der Waals surface area contributed by atoms with Gasteiger partial charge in [0, 0.05) is 0 Å². The van der Waals surface area contributed by atoms with Gasteiger partial charge in [0.1, 0.15) is 5.75 Å². The van der Waals surface area contributed by atoms with Gasteiger partial charge in [0.25, 0.3) is 0 Å². The van der Waals surface area contributed by atoms with Gasteiger partial charge in [-0.2, -0.15) is 0 Å². The number of carboxylic acid groups (broad SMARTS) is 2. The van der Waals surface area contributed by atoms with Crippen LogP contribution in [0.15, 0.2) is 66.7 Å². The molecule has 3 aromatic rings. The summed E-state index contributed by atoms with van der Waals surface area (Å²) in [6.45, 7) is 0. The molecule has 124 valence electrons. The highest BCUT2D eigenvalue weighted by molar-refractivity contribution is 6.01. The van der Waals surface area contributed by atoms with E-state index in [4.69, 9.17) is 0 Å². The summed E-state index contributed by atoms with van der Waals surface area (Å²) < 4.78 is 0. The molecular weight excluding hydrogens is 320 g/mol. The summed E-state index contributed by atoms with van der Waals surface area (Å²) in [6, 6.07) is 17.6. The van der Waals surface area contributed by atoms with E-state index in [1.807, 2.05) is 12.1 Å². The molecule has 3 rings (SSSR count). The van der Waals surface area contributed by atoms with Crippen molar-refractivity contribution < 1.29 is 24.9 Å². The van der Waals surface area contributed by atoms with Crippen LogP contribution in [0.4, 0.5) is 0 Å². The number of hydrogen-bond acceptors (Lipinski definition) is 3. The van der Waals surface area contributed by atoms with Crippen LogP contribution >= 0.6 is 0 Å². The Bertz CT molecular complexity index is 958. The van der Waals surface area contributed by atoms with E-state index in [1.54, 1.807) is 24.3 Å². The van der Waals surface area contributed by atoms with Crippen LogP contribution in [0.25, 0.3) is 22.3 Å². The minimum Gasteiger partial charge on any atom is -0.508 e. The second-order valence-corrected chi connectivity index (χ2v) is 5.46. The first-order valence-electron chi connectivity index (χ1n) is 7.47. The van der Waals surface area contributed by atoms with Crippen molar-refractivity contribution in [1.82, 2.24) is 0 Å². The van der Waals surface area contributed by atoms with Crippen molar-refractivity contribution in [3.05, 3.63) is 77.9 Å². The van der Waals surface area contributed by atoms with Gasteiger partial charge in [0.15, 0.2) is 0 Å². The number of hydrogen-bond donors (Lipinski definition) is 3. The molecule has 0 saturated carbocycles. The van der Waals surface area contributed by atoms with Crippen LogP contribution < -0.4 is 0 Å². The fraction of sp³-hybridized carbons (Fsp3) is 0. The smallest absolute Gasteiger partial charge is 0.336 e. The van der Waals surface area contributed by atoms with Crippen molar-refractivity contribution in [1.29, 1.82) is 0 Å². The molecular formula is C20H14O5.